The van der Waals surface area contributed by atoms with Gasteiger partial charge in [-0.05, 0) is 30.6 Å². The normalized spacial score (nSPS) is 31.0. The van der Waals surface area contributed by atoms with Crippen LogP contribution in [-0.2, 0) is 0 Å². The highest BCUT2D eigenvalue weighted by Gasteiger charge is 2.29. The Balaban J connectivity index is 2.48. The van der Waals surface area contributed by atoms with Gasteiger partial charge in [0.2, 0.25) is 0 Å². The molecule has 0 aromatic rings. The summed E-state index contributed by atoms with van der Waals surface area (Å²) in [6.45, 7) is 6.17. The zero-order chi connectivity index (χ0) is 11.5. The van der Waals surface area contributed by atoms with Crippen molar-refractivity contribution in [3.8, 4) is 0 Å². The van der Waals surface area contributed by atoms with Crippen LogP contribution in [0, 0.1) is 11.3 Å². The molecule has 0 saturated heterocycles. The first-order chi connectivity index (χ1) is 6.91. The molecule has 0 radical (unpaired) electrons. The molecule has 1 rings (SSSR count). The van der Waals surface area contributed by atoms with Gasteiger partial charge in [-0.25, -0.2) is 0 Å². The molecule has 0 aliphatic heterocycles. The molecule has 1 aliphatic carbocycles. The minimum Gasteiger partial charge on any atom is -0.393 e. The van der Waals surface area contributed by atoms with Crippen LogP contribution >= 0.6 is 0 Å². The summed E-state index contributed by atoms with van der Waals surface area (Å²) in [5, 5.41) is 20.0. The molecular weight excluding hydrogens is 188 g/mol. The molecule has 1 saturated carbocycles. The Labute approximate surface area is 93.7 Å². The van der Waals surface area contributed by atoms with E-state index in [1.54, 1.807) is 0 Å². The molecule has 15 heavy (non-hydrogen) atoms. The first-order valence-corrected chi connectivity index (χ1v) is 6.27. The van der Waals surface area contributed by atoms with Gasteiger partial charge in [0, 0.05) is 0 Å². The molecule has 2 nitrogen and oxygen atoms in total. The van der Waals surface area contributed by atoms with E-state index >= 15 is 0 Å². The first kappa shape index (κ1) is 13.0. The number of aliphatic hydroxyl groups is 2. The molecule has 0 bridgehead atoms. The maximum atomic E-state index is 10.0. The number of aliphatic hydroxyl groups excluding tert-OH is 2. The quantitative estimate of drug-likeness (QED) is 0.694. The standard InChI is InChI=1S/C13H26O2/c1-13(2,3)12(15)9-10-7-5-4-6-8-11(10)14/h10-12,14-15H,4-9H2,1-3H3. The van der Waals surface area contributed by atoms with Crippen LogP contribution in [0.3, 0.4) is 0 Å². The van der Waals surface area contributed by atoms with Gasteiger partial charge in [-0.1, -0.05) is 40.0 Å². The predicted octanol–water partition coefficient (Wildman–Crippen LogP) is 2.72. The zero-order valence-corrected chi connectivity index (χ0v) is 10.4. The molecule has 90 valence electrons. The SMILES string of the molecule is CC(C)(C)C(O)CC1CCCCCC1O. The largest absolute Gasteiger partial charge is 0.393 e. The van der Waals surface area contributed by atoms with E-state index in [-0.39, 0.29) is 17.6 Å². The molecule has 2 heteroatoms. The van der Waals surface area contributed by atoms with Crippen LogP contribution in [0.25, 0.3) is 0 Å². The van der Waals surface area contributed by atoms with Gasteiger partial charge in [-0.3, -0.25) is 0 Å². The van der Waals surface area contributed by atoms with Crippen molar-refractivity contribution in [2.75, 3.05) is 0 Å². The van der Waals surface area contributed by atoms with Gasteiger partial charge in [0.1, 0.15) is 0 Å². The fourth-order valence-electron chi connectivity index (χ4n) is 2.28. The molecular formula is C13H26O2. The van der Waals surface area contributed by atoms with Crippen molar-refractivity contribution < 1.29 is 10.2 Å². The minimum absolute atomic E-state index is 0.0635. The molecule has 0 amide bonds. The van der Waals surface area contributed by atoms with Crippen molar-refractivity contribution in [3.05, 3.63) is 0 Å². The topological polar surface area (TPSA) is 40.5 Å². The third-order valence-electron chi connectivity index (χ3n) is 3.64. The average Bonchev–Trinajstić information content (AvgIpc) is 2.30. The van der Waals surface area contributed by atoms with Crippen LogP contribution in [0.5, 0.6) is 0 Å². The lowest BCUT2D eigenvalue weighted by molar-refractivity contribution is 0.00801. The molecule has 0 aromatic carbocycles. The molecule has 1 fully saturated rings. The fourth-order valence-corrected chi connectivity index (χ4v) is 2.28. The Kier molecular flexibility index (Phi) is 4.60. The van der Waals surface area contributed by atoms with Crippen molar-refractivity contribution in [3.63, 3.8) is 0 Å². The van der Waals surface area contributed by atoms with Crippen molar-refractivity contribution in [1.82, 2.24) is 0 Å². The van der Waals surface area contributed by atoms with Gasteiger partial charge >= 0.3 is 0 Å². The third kappa shape index (κ3) is 4.12. The Morgan fingerprint density at radius 2 is 1.73 bits per heavy atom. The molecule has 3 unspecified atom stereocenters. The maximum absolute atomic E-state index is 10.0. The summed E-state index contributed by atoms with van der Waals surface area (Å²) in [5.41, 5.74) is -0.0635. The number of hydrogen-bond acceptors (Lipinski definition) is 2. The summed E-state index contributed by atoms with van der Waals surface area (Å²) < 4.78 is 0. The van der Waals surface area contributed by atoms with Crippen molar-refractivity contribution >= 4 is 0 Å². The van der Waals surface area contributed by atoms with Crippen molar-refractivity contribution in [2.45, 2.75) is 71.5 Å². The maximum Gasteiger partial charge on any atom is 0.0592 e. The first-order valence-electron chi connectivity index (χ1n) is 6.27. The van der Waals surface area contributed by atoms with E-state index in [0.29, 0.717) is 5.92 Å². The van der Waals surface area contributed by atoms with Crippen LogP contribution in [0.15, 0.2) is 0 Å². The molecule has 1 aliphatic rings. The van der Waals surface area contributed by atoms with Gasteiger partial charge in [-0.2, -0.15) is 0 Å². The van der Waals surface area contributed by atoms with Crippen LogP contribution in [0.4, 0.5) is 0 Å². The van der Waals surface area contributed by atoms with E-state index in [1.807, 2.05) is 0 Å². The predicted molar refractivity (Wildman–Crippen MR) is 62.7 cm³/mol. The summed E-state index contributed by atoms with van der Waals surface area (Å²) in [7, 11) is 0. The fraction of sp³-hybridized carbons (Fsp3) is 1.00. The van der Waals surface area contributed by atoms with E-state index in [1.165, 1.54) is 12.8 Å². The van der Waals surface area contributed by atoms with E-state index in [2.05, 4.69) is 20.8 Å². The highest BCUT2D eigenvalue weighted by atomic mass is 16.3. The summed E-state index contributed by atoms with van der Waals surface area (Å²) >= 11 is 0. The molecule has 0 spiro atoms. The lowest BCUT2D eigenvalue weighted by Gasteiger charge is -2.30. The monoisotopic (exact) mass is 214 g/mol. The lowest BCUT2D eigenvalue weighted by atomic mass is 9.81. The highest BCUT2D eigenvalue weighted by molar-refractivity contribution is 4.80. The van der Waals surface area contributed by atoms with Crippen molar-refractivity contribution in [2.24, 2.45) is 11.3 Å². The molecule has 3 atom stereocenters. The van der Waals surface area contributed by atoms with Gasteiger partial charge in [0.25, 0.3) is 0 Å². The molecule has 0 heterocycles. The molecule has 0 aromatic heterocycles. The van der Waals surface area contributed by atoms with E-state index in [9.17, 15) is 10.2 Å². The average molecular weight is 214 g/mol. The summed E-state index contributed by atoms with van der Waals surface area (Å²) in [6, 6.07) is 0. The van der Waals surface area contributed by atoms with Crippen LogP contribution < -0.4 is 0 Å². The second-order valence-electron chi connectivity index (χ2n) is 6.08. The summed E-state index contributed by atoms with van der Waals surface area (Å²) in [4.78, 5) is 0. The zero-order valence-electron chi connectivity index (χ0n) is 10.4. The third-order valence-corrected chi connectivity index (χ3v) is 3.64. The summed E-state index contributed by atoms with van der Waals surface area (Å²) in [6.07, 6.45) is 5.85. The van der Waals surface area contributed by atoms with Crippen molar-refractivity contribution in [1.29, 1.82) is 0 Å². The Bertz CT molecular complexity index is 183. The Morgan fingerprint density at radius 3 is 2.33 bits per heavy atom. The second-order valence-corrected chi connectivity index (χ2v) is 6.08. The lowest BCUT2D eigenvalue weighted by Crippen LogP contribution is -2.32. The van der Waals surface area contributed by atoms with Gasteiger partial charge in [0.15, 0.2) is 0 Å². The van der Waals surface area contributed by atoms with Gasteiger partial charge in [-0.15, -0.1) is 0 Å². The Hall–Kier alpha value is -0.0800. The number of rotatable bonds is 2. The van der Waals surface area contributed by atoms with Crippen LogP contribution in [0.2, 0.25) is 0 Å². The van der Waals surface area contributed by atoms with E-state index in [0.717, 1.165) is 25.7 Å². The van der Waals surface area contributed by atoms with Crippen LogP contribution in [-0.4, -0.2) is 22.4 Å². The van der Waals surface area contributed by atoms with E-state index < -0.39 is 0 Å². The highest BCUT2D eigenvalue weighted by Crippen LogP contribution is 2.31. The van der Waals surface area contributed by atoms with E-state index in [4.69, 9.17) is 0 Å². The summed E-state index contributed by atoms with van der Waals surface area (Å²) in [5.74, 6) is 0.307. The van der Waals surface area contributed by atoms with Crippen LogP contribution in [0.1, 0.15) is 59.3 Å². The Morgan fingerprint density at radius 1 is 1.13 bits per heavy atom. The smallest absolute Gasteiger partial charge is 0.0592 e. The molecule has 2 N–H and O–H groups in total. The number of hydrogen-bond donors (Lipinski definition) is 2. The second kappa shape index (κ2) is 5.31. The van der Waals surface area contributed by atoms with Gasteiger partial charge < -0.3 is 10.2 Å². The minimum atomic E-state index is -0.296. The van der Waals surface area contributed by atoms with Gasteiger partial charge in [0.05, 0.1) is 12.2 Å².